The van der Waals surface area contributed by atoms with Crippen LogP contribution in [-0.4, -0.2) is 41.7 Å². The summed E-state index contributed by atoms with van der Waals surface area (Å²) in [6, 6.07) is 4.34. The first kappa shape index (κ1) is 15.4. The fourth-order valence-electron chi connectivity index (χ4n) is 4.26. The normalized spacial score (nSPS) is 26.5. The van der Waals surface area contributed by atoms with Gasteiger partial charge in [-0.1, -0.05) is 11.6 Å². The van der Waals surface area contributed by atoms with Crippen molar-refractivity contribution in [1.29, 1.82) is 0 Å². The third-order valence-electron chi connectivity index (χ3n) is 5.60. The van der Waals surface area contributed by atoms with Crippen molar-refractivity contribution in [3.8, 4) is 0 Å². The molecule has 0 amide bonds. The maximum atomic E-state index is 6.03. The first-order chi connectivity index (χ1) is 11.2. The summed E-state index contributed by atoms with van der Waals surface area (Å²) in [5, 5.41) is 7.90. The number of pyridine rings is 1. The van der Waals surface area contributed by atoms with Gasteiger partial charge in [-0.25, -0.2) is 4.98 Å². The Hall–Kier alpha value is -1.14. The third-order valence-corrected chi connectivity index (χ3v) is 5.82. The number of methoxy groups -OCH3 is 1. The van der Waals surface area contributed by atoms with Gasteiger partial charge in [0.05, 0.1) is 16.8 Å². The van der Waals surface area contributed by atoms with E-state index in [2.05, 4.69) is 21.8 Å². The lowest BCUT2D eigenvalue weighted by Crippen LogP contribution is -2.66. The van der Waals surface area contributed by atoms with Crippen molar-refractivity contribution in [3.63, 3.8) is 0 Å². The van der Waals surface area contributed by atoms with Crippen LogP contribution in [0, 0.1) is 5.41 Å². The molecule has 1 saturated heterocycles. The molecular formula is C17H23ClN4O. The number of imidazole rings is 1. The highest BCUT2D eigenvalue weighted by atomic mass is 35.5. The Morgan fingerprint density at radius 1 is 1.39 bits per heavy atom. The van der Waals surface area contributed by atoms with Crippen molar-refractivity contribution >= 4 is 17.2 Å². The van der Waals surface area contributed by atoms with Crippen LogP contribution >= 0.6 is 11.6 Å². The molecule has 3 heterocycles. The summed E-state index contributed by atoms with van der Waals surface area (Å²) in [6.45, 7) is 2.96. The molecule has 4 rings (SSSR count). The fourth-order valence-corrected chi connectivity index (χ4v) is 4.43. The molecule has 0 aromatic carbocycles. The zero-order valence-electron chi connectivity index (χ0n) is 13.4. The Balaban J connectivity index is 1.45. The summed E-state index contributed by atoms with van der Waals surface area (Å²) in [5.41, 5.74) is 2.28. The Morgan fingerprint density at radius 2 is 2.22 bits per heavy atom. The zero-order valence-corrected chi connectivity index (χ0v) is 14.1. The first-order valence-corrected chi connectivity index (χ1v) is 8.69. The summed E-state index contributed by atoms with van der Waals surface area (Å²) in [7, 11) is 1.84. The lowest BCUT2D eigenvalue weighted by molar-refractivity contribution is -0.134. The number of piperidine rings is 1. The van der Waals surface area contributed by atoms with Gasteiger partial charge in [0.1, 0.15) is 5.65 Å². The minimum Gasteiger partial charge on any atom is -0.381 e. The van der Waals surface area contributed by atoms with Crippen molar-refractivity contribution in [3.05, 3.63) is 35.2 Å². The lowest BCUT2D eigenvalue weighted by atomic mass is 9.57. The molecule has 2 aromatic rings. The Kier molecular flexibility index (Phi) is 4.05. The van der Waals surface area contributed by atoms with E-state index >= 15 is 0 Å². The van der Waals surface area contributed by atoms with E-state index in [1.165, 1.54) is 12.8 Å². The van der Waals surface area contributed by atoms with Gasteiger partial charge in [0.15, 0.2) is 0 Å². The molecule has 1 spiro atoms. The molecule has 6 heteroatoms. The standard InChI is InChI=1S/C17H23ClN4O/c1-23-15-8-14(17(15)4-6-19-7-5-17)20-9-13-11-22-10-12(18)2-3-16(22)21-13/h2-3,10-11,14-15,19-20H,4-9H2,1H3. The van der Waals surface area contributed by atoms with Crippen molar-refractivity contribution in [2.24, 2.45) is 5.41 Å². The van der Waals surface area contributed by atoms with Gasteiger partial charge < -0.3 is 19.8 Å². The molecule has 2 atom stereocenters. The molecule has 2 aliphatic rings. The molecule has 1 aliphatic heterocycles. The molecule has 23 heavy (non-hydrogen) atoms. The van der Waals surface area contributed by atoms with Crippen LogP contribution in [0.2, 0.25) is 5.02 Å². The topological polar surface area (TPSA) is 50.6 Å². The van der Waals surface area contributed by atoms with Gasteiger partial charge in [0.25, 0.3) is 0 Å². The van der Waals surface area contributed by atoms with Gasteiger partial charge in [-0.3, -0.25) is 0 Å². The molecular weight excluding hydrogens is 312 g/mol. The number of ether oxygens (including phenoxy) is 1. The number of nitrogens with one attached hydrogen (secondary N) is 2. The Labute approximate surface area is 141 Å². The van der Waals surface area contributed by atoms with Gasteiger partial charge in [0.2, 0.25) is 0 Å². The fraction of sp³-hybridized carbons (Fsp3) is 0.588. The smallest absolute Gasteiger partial charge is 0.137 e. The van der Waals surface area contributed by atoms with Crippen LogP contribution in [0.4, 0.5) is 0 Å². The van der Waals surface area contributed by atoms with E-state index < -0.39 is 0 Å². The molecule has 1 aliphatic carbocycles. The number of halogens is 1. The third kappa shape index (κ3) is 2.66. The van der Waals surface area contributed by atoms with Crippen LogP contribution in [0.25, 0.3) is 5.65 Å². The molecule has 2 unspecified atom stereocenters. The quantitative estimate of drug-likeness (QED) is 0.900. The van der Waals surface area contributed by atoms with Crippen LogP contribution < -0.4 is 10.6 Å². The van der Waals surface area contributed by atoms with Crippen molar-refractivity contribution < 1.29 is 4.74 Å². The highest BCUT2D eigenvalue weighted by Crippen LogP contribution is 2.49. The van der Waals surface area contributed by atoms with Crippen LogP contribution in [0.5, 0.6) is 0 Å². The predicted molar refractivity (Wildman–Crippen MR) is 90.8 cm³/mol. The lowest BCUT2D eigenvalue weighted by Gasteiger charge is -2.57. The van der Waals surface area contributed by atoms with E-state index in [1.807, 2.05) is 29.8 Å². The van der Waals surface area contributed by atoms with Crippen molar-refractivity contribution in [2.75, 3.05) is 20.2 Å². The van der Waals surface area contributed by atoms with Gasteiger partial charge in [-0.15, -0.1) is 0 Å². The maximum absolute atomic E-state index is 6.03. The Morgan fingerprint density at radius 3 is 3.00 bits per heavy atom. The predicted octanol–water partition coefficient (Wildman–Crippen LogP) is 2.23. The zero-order chi connectivity index (χ0) is 15.9. The van der Waals surface area contributed by atoms with Crippen LogP contribution in [0.15, 0.2) is 24.5 Å². The van der Waals surface area contributed by atoms with E-state index in [0.29, 0.717) is 17.6 Å². The summed E-state index contributed by atoms with van der Waals surface area (Å²) >= 11 is 6.03. The first-order valence-electron chi connectivity index (χ1n) is 8.31. The van der Waals surface area contributed by atoms with E-state index in [1.54, 1.807) is 0 Å². The van der Waals surface area contributed by atoms with E-state index in [0.717, 1.165) is 42.4 Å². The van der Waals surface area contributed by atoms with Crippen LogP contribution in [0.3, 0.4) is 0 Å². The van der Waals surface area contributed by atoms with Crippen molar-refractivity contribution in [1.82, 2.24) is 20.0 Å². The average molecular weight is 335 g/mol. The number of fused-ring (bicyclic) bond motifs is 1. The number of rotatable bonds is 4. The van der Waals surface area contributed by atoms with Crippen LogP contribution in [-0.2, 0) is 11.3 Å². The van der Waals surface area contributed by atoms with Crippen LogP contribution in [0.1, 0.15) is 25.0 Å². The highest BCUT2D eigenvalue weighted by Gasteiger charge is 2.55. The van der Waals surface area contributed by atoms with Gasteiger partial charge in [0, 0.05) is 37.5 Å². The molecule has 0 radical (unpaired) electrons. The highest BCUT2D eigenvalue weighted by molar-refractivity contribution is 6.30. The van der Waals surface area contributed by atoms with Gasteiger partial charge in [-0.05, 0) is 44.5 Å². The minimum atomic E-state index is 0.294. The average Bonchev–Trinajstić information content (AvgIpc) is 2.96. The number of hydrogen-bond donors (Lipinski definition) is 2. The largest absolute Gasteiger partial charge is 0.381 e. The maximum Gasteiger partial charge on any atom is 0.137 e. The number of aromatic nitrogens is 2. The molecule has 1 saturated carbocycles. The monoisotopic (exact) mass is 334 g/mol. The van der Waals surface area contributed by atoms with Crippen molar-refractivity contribution in [2.45, 2.75) is 38.0 Å². The summed E-state index contributed by atoms with van der Waals surface area (Å²) in [5.74, 6) is 0. The second kappa shape index (κ2) is 6.06. The van der Waals surface area contributed by atoms with E-state index in [4.69, 9.17) is 16.3 Å². The van der Waals surface area contributed by atoms with Gasteiger partial charge in [-0.2, -0.15) is 0 Å². The molecule has 124 valence electrons. The minimum absolute atomic E-state index is 0.294. The van der Waals surface area contributed by atoms with Gasteiger partial charge >= 0.3 is 0 Å². The molecule has 5 nitrogen and oxygen atoms in total. The summed E-state index contributed by atoms with van der Waals surface area (Å²) < 4.78 is 7.71. The van der Waals surface area contributed by atoms with E-state index in [-0.39, 0.29) is 0 Å². The second-order valence-electron chi connectivity index (χ2n) is 6.72. The molecule has 2 fully saturated rings. The van der Waals surface area contributed by atoms with E-state index in [9.17, 15) is 0 Å². The number of hydrogen-bond acceptors (Lipinski definition) is 4. The summed E-state index contributed by atoms with van der Waals surface area (Å²) in [4.78, 5) is 4.66. The number of nitrogens with zero attached hydrogens (tertiary/aromatic N) is 2. The summed E-state index contributed by atoms with van der Waals surface area (Å²) in [6.07, 6.45) is 7.80. The SMILES string of the molecule is COC1CC(NCc2cn3cc(Cl)ccc3n2)C12CCNCC2. The second-order valence-corrected chi connectivity index (χ2v) is 7.16. The molecule has 2 N–H and O–H groups in total. The molecule has 2 aromatic heterocycles. The molecule has 0 bridgehead atoms. The Bertz CT molecular complexity index is 695.